The number of rotatable bonds is 6. The predicted molar refractivity (Wildman–Crippen MR) is 189 cm³/mol. The summed E-state index contributed by atoms with van der Waals surface area (Å²) in [7, 11) is 0. The van der Waals surface area contributed by atoms with Crippen molar-refractivity contribution in [2.75, 3.05) is 13.2 Å². The smallest absolute Gasteiger partial charge is 0.339 e. The molecule has 2 aliphatic heterocycles. The third kappa shape index (κ3) is 7.16. The predicted octanol–water partition coefficient (Wildman–Crippen LogP) is -2.52. The highest BCUT2D eigenvalue weighted by molar-refractivity contribution is 6.31. The first-order valence-electron chi connectivity index (χ1n) is 17.3. The molecule has 10 atom stereocenters. The van der Waals surface area contributed by atoms with Crippen LogP contribution in [0, 0.1) is 6.92 Å². The first-order valence-corrected chi connectivity index (χ1v) is 17.3. The van der Waals surface area contributed by atoms with Crippen molar-refractivity contribution in [3.05, 3.63) is 79.7 Å². The molecule has 0 saturated carbocycles. The van der Waals surface area contributed by atoms with E-state index in [-0.39, 0.29) is 22.6 Å². The first kappa shape index (κ1) is 42.7. The average Bonchev–Trinajstić information content (AvgIpc) is 3.18. The van der Waals surface area contributed by atoms with Gasteiger partial charge in [-0.05, 0) is 30.7 Å². The van der Waals surface area contributed by atoms with Crippen LogP contribution in [0.25, 0.3) is 11.0 Å². The maximum absolute atomic E-state index is 13.4. The molecule has 22 heteroatoms. The summed E-state index contributed by atoms with van der Waals surface area (Å²) in [5, 5.41) is 140. The molecule has 0 unspecified atom stereocenters. The highest BCUT2D eigenvalue weighted by atomic mass is 16.7. The molecule has 0 spiro atoms. The van der Waals surface area contributed by atoms with Crippen molar-refractivity contribution in [3.63, 3.8) is 0 Å². The van der Waals surface area contributed by atoms with Gasteiger partial charge in [0.25, 0.3) is 0 Å². The number of phenolic OH excluding ortho intramolecular Hbond substituents is 4. The van der Waals surface area contributed by atoms with E-state index in [1.54, 1.807) is 0 Å². The summed E-state index contributed by atoms with van der Waals surface area (Å²) in [6.07, 6.45) is -16.4. The normalized spacial score (nSPS) is 27.7. The number of ketones is 2. The van der Waals surface area contributed by atoms with Gasteiger partial charge in [-0.1, -0.05) is 0 Å². The summed E-state index contributed by atoms with van der Waals surface area (Å²) in [6, 6.07) is 5.89. The van der Waals surface area contributed by atoms with Crippen LogP contribution in [0.3, 0.4) is 0 Å². The van der Waals surface area contributed by atoms with Crippen molar-refractivity contribution < 1.29 is 105 Å². The number of carboxylic acids is 1. The second kappa shape index (κ2) is 16.0. The monoisotopic (exact) mass is 832 g/mol. The Morgan fingerprint density at radius 1 is 0.678 bits per heavy atom. The molecule has 3 aliphatic rings. The number of aliphatic hydroxyl groups is 8. The standard InChI is InChI=1S/C22H20O13.C15H16O9/c1-4-8-5(2-6(24)9(4)22(33)34)13(25)10-11(15(8)27)16(28)12(18(30)17(10)29)21-20(32)19(31)14(26)7(3-23)35-21;16-5-10-12(19)13(20)14(21)15(24-10)23-9-3-6-1-2-11(18)22-8(6)4-7(9)17/h2,7,14,19-21,23-24,26,28-32H,3H2,1H3,(H,33,34);1-4,10,12-17,19-21H,5H2/t7-,14-,19+,20-,21-;10-,12-,13+,14-,15-/m11/s1. The van der Waals surface area contributed by atoms with E-state index >= 15 is 0 Å². The van der Waals surface area contributed by atoms with Crippen molar-refractivity contribution >= 4 is 28.5 Å². The number of phenols is 5. The summed E-state index contributed by atoms with van der Waals surface area (Å²) in [5.74, 6) is -8.71. The molecule has 7 rings (SSSR count). The number of carbonyl (C=O) groups excluding carboxylic acids is 2. The van der Waals surface area contributed by atoms with E-state index < -0.39 is 154 Å². The summed E-state index contributed by atoms with van der Waals surface area (Å²) >= 11 is 0. The van der Waals surface area contributed by atoms with Crippen molar-refractivity contribution in [1.29, 1.82) is 0 Å². The van der Waals surface area contributed by atoms with Crippen molar-refractivity contribution in [3.8, 4) is 34.5 Å². The van der Waals surface area contributed by atoms with Gasteiger partial charge in [0.1, 0.15) is 77.6 Å². The zero-order valence-corrected chi connectivity index (χ0v) is 30.1. The molecular formula is C37H36O22. The highest BCUT2D eigenvalue weighted by Gasteiger charge is 2.49. The van der Waals surface area contributed by atoms with Gasteiger partial charge in [-0.3, -0.25) is 9.59 Å². The Bertz CT molecular complexity index is 2400. The fourth-order valence-corrected chi connectivity index (χ4v) is 7.05. The minimum absolute atomic E-state index is 0.0966. The molecule has 3 aromatic carbocycles. The number of fused-ring (bicyclic) bond motifs is 3. The number of hydrogen-bond acceptors (Lipinski definition) is 21. The van der Waals surface area contributed by atoms with Crippen molar-refractivity contribution in [2.24, 2.45) is 0 Å². The van der Waals surface area contributed by atoms with Crippen molar-refractivity contribution in [2.45, 2.75) is 68.1 Å². The molecule has 14 N–H and O–H groups in total. The zero-order chi connectivity index (χ0) is 43.5. The lowest BCUT2D eigenvalue weighted by molar-refractivity contribution is -0.277. The highest BCUT2D eigenvalue weighted by Crippen LogP contribution is 2.52. The number of aromatic carboxylic acids is 1. The van der Waals surface area contributed by atoms with Gasteiger partial charge in [0.2, 0.25) is 6.29 Å². The molecule has 59 heavy (non-hydrogen) atoms. The number of benzene rings is 3. The zero-order valence-electron chi connectivity index (χ0n) is 30.1. The van der Waals surface area contributed by atoms with Crippen LogP contribution in [0.4, 0.5) is 0 Å². The number of carbonyl (C=O) groups is 3. The molecule has 3 heterocycles. The van der Waals surface area contributed by atoms with Crippen LogP contribution < -0.4 is 10.4 Å². The molecule has 1 aliphatic carbocycles. The van der Waals surface area contributed by atoms with E-state index in [4.69, 9.17) is 23.7 Å². The Kier molecular flexibility index (Phi) is 11.6. The molecule has 4 aromatic rings. The van der Waals surface area contributed by atoms with Crippen LogP contribution in [0.1, 0.15) is 59.4 Å². The Hall–Kier alpha value is -5.92. The van der Waals surface area contributed by atoms with Crippen LogP contribution in [0.5, 0.6) is 34.5 Å². The molecule has 0 amide bonds. The van der Waals surface area contributed by atoms with Crippen LogP contribution in [0.2, 0.25) is 0 Å². The summed E-state index contributed by atoms with van der Waals surface area (Å²) in [5.41, 5.74) is -4.93. The quantitative estimate of drug-likeness (QED) is 0.0477. The summed E-state index contributed by atoms with van der Waals surface area (Å²) < 4.78 is 20.8. The maximum Gasteiger partial charge on any atom is 0.339 e. The number of aliphatic hydroxyl groups excluding tert-OH is 8. The van der Waals surface area contributed by atoms with Gasteiger partial charge in [-0.25, -0.2) is 9.59 Å². The lowest BCUT2D eigenvalue weighted by atomic mass is 9.77. The van der Waals surface area contributed by atoms with Crippen molar-refractivity contribution in [1.82, 2.24) is 0 Å². The molecule has 1 aromatic heterocycles. The van der Waals surface area contributed by atoms with Crippen LogP contribution in [-0.4, -0.2) is 157 Å². The molecule has 2 fully saturated rings. The van der Waals surface area contributed by atoms with E-state index in [1.165, 1.54) is 18.2 Å². The molecule has 0 radical (unpaired) electrons. The Morgan fingerprint density at radius 2 is 1.27 bits per heavy atom. The fourth-order valence-electron chi connectivity index (χ4n) is 7.05. The van der Waals surface area contributed by atoms with Gasteiger partial charge in [-0.2, -0.15) is 0 Å². The van der Waals surface area contributed by atoms with Gasteiger partial charge < -0.3 is 90.1 Å². The maximum atomic E-state index is 13.4. The molecular weight excluding hydrogens is 796 g/mol. The van der Waals surface area contributed by atoms with Gasteiger partial charge in [-0.15, -0.1) is 0 Å². The number of hydrogen-bond donors (Lipinski definition) is 14. The minimum atomic E-state index is -2.03. The second-order valence-electron chi connectivity index (χ2n) is 13.7. The van der Waals surface area contributed by atoms with Crippen LogP contribution in [-0.2, 0) is 9.47 Å². The molecule has 316 valence electrons. The summed E-state index contributed by atoms with van der Waals surface area (Å²) in [6.45, 7) is -0.307. The second-order valence-corrected chi connectivity index (χ2v) is 13.7. The average molecular weight is 833 g/mol. The van der Waals surface area contributed by atoms with Gasteiger partial charge in [0.15, 0.2) is 34.6 Å². The van der Waals surface area contributed by atoms with Gasteiger partial charge >= 0.3 is 11.6 Å². The molecule has 2 saturated heterocycles. The molecule has 22 nitrogen and oxygen atoms in total. The molecule has 0 bridgehead atoms. The lowest BCUT2D eigenvalue weighted by Gasteiger charge is -2.40. The third-order valence-electron chi connectivity index (χ3n) is 10.1. The van der Waals surface area contributed by atoms with E-state index in [2.05, 4.69) is 0 Å². The topological polar surface area (TPSA) is 392 Å². The van der Waals surface area contributed by atoms with Crippen LogP contribution in [0.15, 0.2) is 39.5 Å². The number of carboxylic acid groups (broad SMARTS) is 1. The summed E-state index contributed by atoms with van der Waals surface area (Å²) in [4.78, 5) is 49.2. The van der Waals surface area contributed by atoms with Crippen LogP contribution >= 0.6 is 0 Å². The lowest BCUT2D eigenvalue weighted by Crippen LogP contribution is -2.60. The van der Waals surface area contributed by atoms with E-state index in [0.717, 1.165) is 13.0 Å². The Labute approximate surface area is 328 Å². The Morgan fingerprint density at radius 3 is 1.88 bits per heavy atom. The minimum Gasteiger partial charge on any atom is -0.507 e. The number of aromatic hydroxyl groups is 5. The fraction of sp³-hybridized carbons (Fsp3) is 0.351. The van der Waals surface area contributed by atoms with E-state index in [9.17, 15) is 85.6 Å². The van der Waals surface area contributed by atoms with Gasteiger partial charge in [0.05, 0.1) is 29.9 Å². The SMILES string of the molecule is Cc1c(C(=O)O)c(O)cc2c1C(=O)c1c(O)c([C@H]3O[C@H](CO)[C@@H](O)[C@H](O)[C@H]3O)c(O)c(O)c1C2=O.O=c1ccc2cc(O[C@@H]3O[C@H](CO)[C@@H](O)[C@H](O)[C@H]3O)c(O)cc2o1. The van der Waals surface area contributed by atoms with Gasteiger partial charge in [0, 0.05) is 28.6 Å². The largest absolute Gasteiger partial charge is 0.507 e. The first-order chi connectivity index (χ1) is 27.7. The Balaban J connectivity index is 0.000000213. The number of ether oxygens (including phenoxy) is 3. The van der Waals surface area contributed by atoms with E-state index in [0.29, 0.717) is 11.5 Å². The third-order valence-corrected chi connectivity index (χ3v) is 10.1. The van der Waals surface area contributed by atoms with E-state index in [1.807, 2.05) is 0 Å².